The SMILES string of the molecule is COC(=O)OC12CC1(C)CCC2Oc1nc(OC)cc(OC)n1. The van der Waals surface area contributed by atoms with Crippen molar-refractivity contribution in [3.8, 4) is 17.8 Å². The summed E-state index contributed by atoms with van der Waals surface area (Å²) >= 11 is 0. The maximum atomic E-state index is 11.6. The summed E-state index contributed by atoms with van der Waals surface area (Å²) in [5.41, 5.74) is -0.769. The highest BCUT2D eigenvalue weighted by atomic mass is 16.7. The summed E-state index contributed by atoms with van der Waals surface area (Å²) in [5, 5.41) is 0. The molecule has 0 saturated heterocycles. The fourth-order valence-corrected chi connectivity index (χ4v) is 3.36. The second-order valence-corrected chi connectivity index (χ2v) is 6.06. The van der Waals surface area contributed by atoms with Gasteiger partial charge in [-0.05, 0) is 12.8 Å². The Balaban J connectivity index is 1.81. The molecule has 0 amide bonds. The van der Waals surface area contributed by atoms with E-state index in [2.05, 4.69) is 21.6 Å². The normalized spacial score (nSPS) is 31.0. The molecule has 1 aromatic heterocycles. The molecule has 2 saturated carbocycles. The Morgan fingerprint density at radius 2 is 1.87 bits per heavy atom. The fraction of sp³-hybridized carbons (Fsp3) is 0.667. The van der Waals surface area contributed by atoms with Gasteiger partial charge in [-0.2, -0.15) is 9.97 Å². The number of carbonyl (C=O) groups excluding carboxylic acids is 1. The molecule has 3 atom stereocenters. The third kappa shape index (κ3) is 2.51. The van der Waals surface area contributed by atoms with Gasteiger partial charge in [-0.25, -0.2) is 4.79 Å². The van der Waals surface area contributed by atoms with Crippen molar-refractivity contribution in [2.75, 3.05) is 21.3 Å². The van der Waals surface area contributed by atoms with Crippen LogP contribution in [-0.4, -0.2) is 49.2 Å². The molecule has 0 radical (unpaired) electrons. The first-order valence-corrected chi connectivity index (χ1v) is 7.37. The third-order valence-corrected chi connectivity index (χ3v) is 4.78. The van der Waals surface area contributed by atoms with Gasteiger partial charge >= 0.3 is 12.2 Å². The van der Waals surface area contributed by atoms with E-state index in [-0.39, 0.29) is 17.5 Å². The van der Waals surface area contributed by atoms with E-state index in [0.717, 1.165) is 19.3 Å². The number of fused-ring (bicyclic) bond motifs is 1. The Hall–Kier alpha value is -2.25. The molecule has 0 aromatic carbocycles. The lowest BCUT2D eigenvalue weighted by molar-refractivity contribution is -0.0358. The second-order valence-electron chi connectivity index (χ2n) is 6.06. The van der Waals surface area contributed by atoms with Crippen LogP contribution in [0.4, 0.5) is 4.79 Å². The fourth-order valence-electron chi connectivity index (χ4n) is 3.36. The number of ether oxygens (including phenoxy) is 5. The molecule has 1 heterocycles. The standard InChI is InChI=1S/C15H20N2O6/c1-14-6-5-9(15(14,8-14)23-13(18)21-4)22-12-16-10(19-2)7-11(17-12)20-3/h7,9H,5-6,8H2,1-4H3. The number of hydrogen-bond acceptors (Lipinski definition) is 8. The zero-order valence-corrected chi connectivity index (χ0v) is 13.6. The van der Waals surface area contributed by atoms with Crippen molar-refractivity contribution >= 4 is 6.16 Å². The van der Waals surface area contributed by atoms with Gasteiger partial charge in [0.15, 0.2) is 5.60 Å². The zero-order chi connectivity index (χ0) is 16.7. The largest absolute Gasteiger partial charge is 0.508 e. The van der Waals surface area contributed by atoms with E-state index in [0.29, 0.717) is 11.8 Å². The van der Waals surface area contributed by atoms with Crippen LogP contribution in [0.1, 0.15) is 26.2 Å². The van der Waals surface area contributed by atoms with Crippen LogP contribution in [0.5, 0.6) is 17.8 Å². The average Bonchev–Trinajstić information content (AvgIpc) is 3.06. The highest BCUT2D eigenvalue weighted by Crippen LogP contribution is 2.69. The number of methoxy groups -OCH3 is 3. The van der Waals surface area contributed by atoms with Gasteiger partial charge in [-0.3, -0.25) is 0 Å². The molecule has 2 fully saturated rings. The highest BCUT2D eigenvalue weighted by Gasteiger charge is 2.76. The van der Waals surface area contributed by atoms with Crippen molar-refractivity contribution in [3.05, 3.63) is 6.07 Å². The molecule has 0 N–H and O–H groups in total. The van der Waals surface area contributed by atoms with Crippen molar-refractivity contribution in [3.63, 3.8) is 0 Å². The lowest BCUT2D eigenvalue weighted by Crippen LogP contribution is -2.37. The second kappa shape index (κ2) is 5.43. The molecule has 0 aliphatic heterocycles. The number of rotatable bonds is 5. The van der Waals surface area contributed by atoms with Crippen LogP contribution in [-0.2, 0) is 9.47 Å². The molecule has 8 heteroatoms. The number of aromatic nitrogens is 2. The quantitative estimate of drug-likeness (QED) is 0.760. The van der Waals surface area contributed by atoms with E-state index in [1.165, 1.54) is 21.3 Å². The van der Waals surface area contributed by atoms with Gasteiger partial charge in [0.2, 0.25) is 11.8 Å². The summed E-state index contributed by atoms with van der Waals surface area (Å²) < 4.78 is 26.3. The smallest absolute Gasteiger partial charge is 0.481 e. The van der Waals surface area contributed by atoms with E-state index < -0.39 is 11.8 Å². The van der Waals surface area contributed by atoms with Crippen molar-refractivity contribution in [1.29, 1.82) is 0 Å². The summed E-state index contributed by atoms with van der Waals surface area (Å²) in [6.45, 7) is 2.08. The number of hydrogen-bond donors (Lipinski definition) is 0. The Labute approximate surface area is 134 Å². The predicted molar refractivity (Wildman–Crippen MR) is 77.7 cm³/mol. The van der Waals surface area contributed by atoms with Gasteiger partial charge in [0.05, 0.1) is 27.4 Å². The Kier molecular flexibility index (Phi) is 3.69. The van der Waals surface area contributed by atoms with Gasteiger partial charge < -0.3 is 23.7 Å². The van der Waals surface area contributed by atoms with Gasteiger partial charge in [0.1, 0.15) is 6.10 Å². The monoisotopic (exact) mass is 324 g/mol. The molecule has 8 nitrogen and oxygen atoms in total. The van der Waals surface area contributed by atoms with Crippen LogP contribution < -0.4 is 14.2 Å². The maximum Gasteiger partial charge on any atom is 0.508 e. The number of nitrogens with zero attached hydrogens (tertiary/aromatic N) is 2. The van der Waals surface area contributed by atoms with Crippen LogP contribution in [0.25, 0.3) is 0 Å². The Bertz CT molecular complexity index is 602. The van der Waals surface area contributed by atoms with Gasteiger partial charge in [0, 0.05) is 11.8 Å². The lowest BCUT2D eigenvalue weighted by atomic mass is 10.1. The molecule has 23 heavy (non-hydrogen) atoms. The van der Waals surface area contributed by atoms with Crippen LogP contribution in [0.15, 0.2) is 6.07 Å². The molecule has 2 aliphatic rings. The summed E-state index contributed by atoms with van der Waals surface area (Å²) in [5.74, 6) is 0.678. The molecular formula is C15H20N2O6. The summed E-state index contributed by atoms with van der Waals surface area (Å²) in [4.78, 5) is 19.9. The topological polar surface area (TPSA) is 89.0 Å². The van der Waals surface area contributed by atoms with Gasteiger partial charge in [0.25, 0.3) is 0 Å². The van der Waals surface area contributed by atoms with Crippen LogP contribution in [0.2, 0.25) is 0 Å². The third-order valence-electron chi connectivity index (χ3n) is 4.78. The Morgan fingerprint density at radius 3 is 2.39 bits per heavy atom. The van der Waals surface area contributed by atoms with E-state index in [4.69, 9.17) is 18.9 Å². The first kappa shape index (κ1) is 15.6. The minimum absolute atomic E-state index is 0.0885. The summed E-state index contributed by atoms with van der Waals surface area (Å²) in [6, 6.07) is 1.69. The summed E-state index contributed by atoms with van der Waals surface area (Å²) in [7, 11) is 4.29. The van der Waals surface area contributed by atoms with Crippen molar-refractivity contribution in [1.82, 2.24) is 9.97 Å². The minimum Gasteiger partial charge on any atom is -0.481 e. The molecule has 2 aliphatic carbocycles. The van der Waals surface area contributed by atoms with Crippen LogP contribution in [0, 0.1) is 5.41 Å². The minimum atomic E-state index is -0.701. The average molecular weight is 324 g/mol. The van der Waals surface area contributed by atoms with Crippen LogP contribution in [0.3, 0.4) is 0 Å². The van der Waals surface area contributed by atoms with Crippen molar-refractivity contribution in [2.24, 2.45) is 5.41 Å². The molecule has 3 rings (SSSR count). The number of carbonyl (C=O) groups is 1. The first-order chi connectivity index (χ1) is 11.0. The van der Waals surface area contributed by atoms with E-state index >= 15 is 0 Å². The lowest BCUT2D eigenvalue weighted by Gasteiger charge is -2.24. The molecule has 3 unspecified atom stereocenters. The van der Waals surface area contributed by atoms with E-state index in [1.807, 2.05) is 0 Å². The van der Waals surface area contributed by atoms with E-state index in [9.17, 15) is 4.79 Å². The zero-order valence-electron chi connectivity index (χ0n) is 13.6. The molecule has 0 bridgehead atoms. The first-order valence-electron chi connectivity index (χ1n) is 7.37. The van der Waals surface area contributed by atoms with Crippen LogP contribution >= 0.6 is 0 Å². The predicted octanol–water partition coefficient (Wildman–Crippen LogP) is 1.97. The molecule has 0 spiro atoms. The maximum absolute atomic E-state index is 11.6. The highest BCUT2D eigenvalue weighted by molar-refractivity contribution is 5.61. The van der Waals surface area contributed by atoms with Gasteiger partial charge in [-0.15, -0.1) is 0 Å². The summed E-state index contributed by atoms with van der Waals surface area (Å²) in [6.07, 6.45) is 1.35. The molecule has 1 aromatic rings. The Morgan fingerprint density at radius 1 is 1.22 bits per heavy atom. The molecule has 126 valence electrons. The van der Waals surface area contributed by atoms with Crippen molar-refractivity contribution in [2.45, 2.75) is 37.9 Å². The molecular weight excluding hydrogens is 304 g/mol. The van der Waals surface area contributed by atoms with E-state index in [1.54, 1.807) is 6.07 Å². The van der Waals surface area contributed by atoms with Crippen molar-refractivity contribution < 1.29 is 28.5 Å². The van der Waals surface area contributed by atoms with Gasteiger partial charge in [-0.1, -0.05) is 6.92 Å².